The number of fused-ring (bicyclic) bond motifs is 1. The Kier molecular flexibility index (Phi) is 9.32. The van der Waals surface area contributed by atoms with Crippen molar-refractivity contribution < 1.29 is 19.4 Å². The fourth-order valence-electron chi connectivity index (χ4n) is 3.71. The van der Waals surface area contributed by atoms with Gasteiger partial charge in [-0.1, -0.05) is 23.5 Å². The van der Waals surface area contributed by atoms with E-state index in [1.54, 1.807) is 20.3 Å². The molecule has 0 aliphatic heterocycles. The van der Waals surface area contributed by atoms with Crippen LogP contribution in [0.4, 0.5) is 0 Å². The van der Waals surface area contributed by atoms with Crippen molar-refractivity contribution in [2.45, 2.75) is 31.7 Å². The second-order valence-electron chi connectivity index (χ2n) is 8.00. The maximum Gasteiger partial charge on any atom is 0.305 e. The first-order valence-electron chi connectivity index (χ1n) is 11.2. The van der Waals surface area contributed by atoms with E-state index in [1.807, 2.05) is 24.3 Å². The van der Waals surface area contributed by atoms with E-state index < -0.39 is 0 Å². The van der Waals surface area contributed by atoms with Gasteiger partial charge in [-0.05, 0) is 55.1 Å². The minimum absolute atomic E-state index is 0.0704. The third kappa shape index (κ3) is 6.96. The molecule has 0 saturated carbocycles. The van der Waals surface area contributed by atoms with Gasteiger partial charge in [0.05, 0.1) is 18.9 Å². The minimum Gasteiger partial charge on any atom is -0.506 e. The lowest BCUT2D eigenvalue weighted by Crippen LogP contribution is -2.36. The van der Waals surface area contributed by atoms with Gasteiger partial charge >= 0.3 is 4.87 Å². The number of benzene rings is 2. The predicted molar refractivity (Wildman–Crippen MR) is 134 cm³/mol. The zero-order chi connectivity index (χ0) is 24.5. The molecule has 184 valence electrons. The van der Waals surface area contributed by atoms with E-state index in [4.69, 9.17) is 15.2 Å². The van der Waals surface area contributed by atoms with Crippen LogP contribution in [0.25, 0.3) is 10.2 Å². The summed E-state index contributed by atoms with van der Waals surface area (Å²) in [7, 11) is 3.20. The predicted octanol–water partition coefficient (Wildman–Crippen LogP) is 1.91. The monoisotopic (exact) mass is 488 g/mol. The lowest BCUT2D eigenvalue weighted by Gasteiger charge is -2.13. The number of aromatic amines is 1. The van der Waals surface area contributed by atoms with Crippen molar-refractivity contribution in [2.75, 3.05) is 33.9 Å². The van der Waals surface area contributed by atoms with Crippen molar-refractivity contribution in [1.82, 2.24) is 15.6 Å². The number of aromatic hydroxyl groups is 1. The number of H-pyrrole nitrogens is 1. The molecule has 0 saturated heterocycles. The number of carbonyl (C=O) groups excluding carboxylic acids is 1. The summed E-state index contributed by atoms with van der Waals surface area (Å²) in [6.45, 7) is 1.81. The molecule has 0 fully saturated rings. The van der Waals surface area contributed by atoms with Crippen LogP contribution in [0.3, 0.4) is 0 Å². The molecule has 6 N–H and O–H groups in total. The van der Waals surface area contributed by atoms with E-state index in [9.17, 15) is 14.7 Å². The van der Waals surface area contributed by atoms with E-state index in [1.165, 1.54) is 0 Å². The zero-order valence-electron chi connectivity index (χ0n) is 19.5. The Morgan fingerprint density at radius 3 is 2.68 bits per heavy atom. The molecular formula is C24H32N4O5S. The van der Waals surface area contributed by atoms with Gasteiger partial charge in [0.15, 0.2) is 11.5 Å². The van der Waals surface area contributed by atoms with Crippen LogP contribution < -0.4 is 30.7 Å². The average Bonchev–Trinajstić information content (AvgIpc) is 3.23. The second-order valence-corrected chi connectivity index (χ2v) is 8.99. The molecule has 0 spiro atoms. The molecule has 3 rings (SSSR count). The number of methoxy groups -OCH3 is 2. The maximum absolute atomic E-state index is 12.2. The Morgan fingerprint density at radius 1 is 1.12 bits per heavy atom. The highest BCUT2D eigenvalue weighted by Crippen LogP contribution is 2.29. The molecule has 1 unspecified atom stereocenters. The molecule has 9 nitrogen and oxygen atoms in total. The van der Waals surface area contributed by atoms with Crippen molar-refractivity contribution in [3.05, 3.63) is 51.1 Å². The fourth-order valence-corrected chi connectivity index (χ4v) is 4.61. The minimum atomic E-state index is -0.230. The summed E-state index contributed by atoms with van der Waals surface area (Å²) in [4.78, 5) is 26.2. The number of hydrogen-bond donors (Lipinski definition) is 5. The normalized spacial score (nSPS) is 12.0. The molecule has 0 radical (unpaired) electrons. The first-order chi connectivity index (χ1) is 16.4. The number of ether oxygens (including phenoxy) is 2. The third-order valence-electron chi connectivity index (χ3n) is 5.53. The highest BCUT2D eigenvalue weighted by molar-refractivity contribution is 7.16. The van der Waals surface area contributed by atoms with Gasteiger partial charge in [0.2, 0.25) is 5.91 Å². The summed E-state index contributed by atoms with van der Waals surface area (Å²) in [6, 6.07) is 8.95. The van der Waals surface area contributed by atoms with Gasteiger partial charge in [-0.3, -0.25) is 9.59 Å². The number of carbonyl (C=O) groups is 1. The Bertz CT molecular complexity index is 1160. The van der Waals surface area contributed by atoms with Crippen LogP contribution >= 0.6 is 11.3 Å². The number of nitrogens with one attached hydrogen (secondary N) is 3. The molecule has 0 aliphatic rings. The van der Waals surface area contributed by atoms with E-state index in [-0.39, 0.29) is 29.0 Å². The number of amides is 1. The fraction of sp³-hybridized carbons (Fsp3) is 0.417. The van der Waals surface area contributed by atoms with Gasteiger partial charge < -0.3 is 35.9 Å². The van der Waals surface area contributed by atoms with Crippen LogP contribution in [0, 0.1) is 0 Å². The van der Waals surface area contributed by atoms with Gasteiger partial charge in [-0.25, -0.2) is 0 Å². The highest BCUT2D eigenvalue weighted by atomic mass is 32.1. The highest BCUT2D eigenvalue weighted by Gasteiger charge is 2.12. The summed E-state index contributed by atoms with van der Waals surface area (Å²) in [5.41, 5.74) is 8.71. The third-order valence-corrected chi connectivity index (χ3v) is 6.49. The molecule has 3 aromatic rings. The molecule has 1 heterocycles. The van der Waals surface area contributed by atoms with Crippen molar-refractivity contribution in [2.24, 2.45) is 5.73 Å². The number of thiazole rings is 1. The van der Waals surface area contributed by atoms with Crippen LogP contribution in [-0.2, 0) is 17.6 Å². The number of phenolic OH excluding ortho intramolecular Hbond substituents is 1. The van der Waals surface area contributed by atoms with Gasteiger partial charge in [0.1, 0.15) is 11.3 Å². The summed E-state index contributed by atoms with van der Waals surface area (Å²) in [5, 5.41) is 16.0. The Morgan fingerprint density at radius 2 is 1.91 bits per heavy atom. The van der Waals surface area contributed by atoms with Crippen molar-refractivity contribution in [1.29, 1.82) is 0 Å². The number of hydrogen-bond acceptors (Lipinski definition) is 8. The van der Waals surface area contributed by atoms with Crippen molar-refractivity contribution >= 4 is 27.5 Å². The van der Waals surface area contributed by atoms with Crippen LogP contribution in [-0.4, -0.2) is 55.9 Å². The molecule has 2 aromatic carbocycles. The molecule has 1 amide bonds. The largest absolute Gasteiger partial charge is 0.506 e. The number of nitrogens with two attached hydrogens (primary N) is 1. The van der Waals surface area contributed by atoms with Crippen LogP contribution in [0.5, 0.6) is 17.2 Å². The quantitative estimate of drug-likeness (QED) is 0.232. The topological polar surface area (TPSA) is 139 Å². The number of aromatic nitrogens is 1. The summed E-state index contributed by atoms with van der Waals surface area (Å²) >= 11 is 1.10. The SMILES string of the molecule is COc1ccc(CCC(N)CC(=O)NCCNCCc2ccc(O)c3[nH]c(=O)sc23)cc1OC. The van der Waals surface area contributed by atoms with E-state index in [2.05, 4.69) is 15.6 Å². The van der Waals surface area contributed by atoms with Crippen molar-refractivity contribution in [3.63, 3.8) is 0 Å². The van der Waals surface area contributed by atoms with E-state index in [0.29, 0.717) is 49.5 Å². The van der Waals surface area contributed by atoms with Crippen molar-refractivity contribution in [3.8, 4) is 17.2 Å². The summed E-state index contributed by atoms with van der Waals surface area (Å²) in [6.07, 6.45) is 2.41. The van der Waals surface area contributed by atoms with E-state index in [0.717, 1.165) is 33.6 Å². The summed E-state index contributed by atoms with van der Waals surface area (Å²) in [5.74, 6) is 1.37. The molecule has 1 aromatic heterocycles. The Balaban J connectivity index is 1.32. The lowest BCUT2D eigenvalue weighted by molar-refractivity contribution is -0.121. The van der Waals surface area contributed by atoms with Gasteiger partial charge in [-0.2, -0.15) is 0 Å². The van der Waals surface area contributed by atoms with Gasteiger partial charge in [0.25, 0.3) is 0 Å². The molecule has 1 atom stereocenters. The molecular weight excluding hydrogens is 456 g/mol. The summed E-state index contributed by atoms with van der Waals surface area (Å²) < 4.78 is 11.3. The molecule has 0 bridgehead atoms. The number of rotatable bonds is 13. The first kappa shape index (κ1) is 25.5. The number of phenols is 1. The van der Waals surface area contributed by atoms with Crippen LogP contribution in [0.2, 0.25) is 0 Å². The Hall–Kier alpha value is -3.08. The second kappa shape index (κ2) is 12.4. The number of aryl methyl sites for hydroxylation is 1. The van der Waals surface area contributed by atoms with Gasteiger partial charge in [0, 0.05) is 25.6 Å². The maximum atomic E-state index is 12.2. The smallest absolute Gasteiger partial charge is 0.305 e. The lowest BCUT2D eigenvalue weighted by atomic mass is 10.0. The molecule has 0 aliphatic carbocycles. The first-order valence-corrected chi connectivity index (χ1v) is 12.0. The standard InChI is InChI=1S/C24H32N4O5S/c1-32-19-8-4-15(13-20(19)33-2)3-6-17(25)14-21(30)27-12-11-26-10-9-16-5-7-18(29)22-23(16)34-24(31)28-22/h4-5,7-8,13,17,26,29H,3,6,9-12,14,25H2,1-2H3,(H,27,30)(H,28,31). The van der Waals surface area contributed by atoms with Gasteiger partial charge in [-0.15, -0.1) is 0 Å². The van der Waals surface area contributed by atoms with Crippen LogP contribution in [0.1, 0.15) is 24.0 Å². The van der Waals surface area contributed by atoms with Crippen LogP contribution in [0.15, 0.2) is 35.1 Å². The Labute approximate surface area is 202 Å². The average molecular weight is 489 g/mol. The molecule has 34 heavy (non-hydrogen) atoms. The van der Waals surface area contributed by atoms with E-state index >= 15 is 0 Å². The zero-order valence-corrected chi connectivity index (χ0v) is 20.3. The molecule has 10 heteroatoms.